The standard InChI is InChI=1S/C13H15ClN4O2S/c1-2-18-7-15-11(14)10(18)6-21-13-16-9-3-4-20-5-8(9)12(19)17-13/h7H,2-6H2,1H3,(H,16,17,19). The normalized spacial score (nSPS) is 14.2. The second-order valence-electron chi connectivity index (χ2n) is 4.66. The molecular weight excluding hydrogens is 312 g/mol. The van der Waals surface area contributed by atoms with Crippen molar-refractivity contribution in [3.8, 4) is 0 Å². The van der Waals surface area contributed by atoms with Gasteiger partial charge >= 0.3 is 0 Å². The van der Waals surface area contributed by atoms with Gasteiger partial charge in [-0.05, 0) is 6.92 Å². The predicted molar refractivity (Wildman–Crippen MR) is 80.7 cm³/mol. The zero-order valence-electron chi connectivity index (χ0n) is 11.6. The van der Waals surface area contributed by atoms with Crippen LogP contribution in [-0.4, -0.2) is 26.1 Å². The minimum Gasteiger partial charge on any atom is -0.376 e. The van der Waals surface area contributed by atoms with Crippen molar-refractivity contribution in [3.05, 3.63) is 38.8 Å². The quantitative estimate of drug-likeness (QED) is 0.687. The number of rotatable bonds is 4. The number of halogens is 1. The van der Waals surface area contributed by atoms with Crippen molar-refractivity contribution in [1.29, 1.82) is 0 Å². The van der Waals surface area contributed by atoms with E-state index in [1.807, 2.05) is 11.5 Å². The lowest BCUT2D eigenvalue weighted by atomic mass is 10.1. The third-order valence-electron chi connectivity index (χ3n) is 3.39. The molecule has 2 aromatic rings. The highest BCUT2D eigenvalue weighted by atomic mass is 35.5. The van der Waals surface area contributed by atoms with E-state index in [2.05, 4.69) is 15.0 Å². The van der Waals surface area contributed by atoms with Crippen molar-refractivity contribution >= 4 is 23.4 Å². The summed E-state index contributed by atoms with van der Waals surface area (Å²) in [4.78, 5) is 23.4. The Labute approximate surface area is 130 Å². The molecule has 0 atom stereocenters. The Kier molecular flexibility index (Phi) is 4.32. The van der Waals surface area contributed by atoms with Gasteiger partial charge in [-0.3, -0.25) is 4.79 Å². The van der Waals surface area contributed by atoms with Gasteiger partial charge in [0.15, 0.2) is 10.3 Å². The van der Waals surface area contributed by atoms with Gasteiger partial charge in [-0.1, -0.05) is 23.4 Å². The van der Waals surface area contributed by atoms with Crippen molar-refractivity contribution in [3.63, 3.8) is 0 Å². The average Bonchev–Trinajstić information content (AvgIpc) is 2.85. The van der Waals surface area contributed by atoms with E-state index in [-0.39, 0.29) is 5.56 Å². The van der Waals surface area contributed by atoms with Crippen LogP contribution in [0.3, 0.4) is 0 Å². The van der Waals surface area contributed by atoms with Crippen LogP contribution in [0.2, 0.25) is 5.15 Å². The first kappa shape index (κ1) is 14.6. The number of ether oxygens (including phenoxy) is 1. The molecule has 1 N–H and O–H groups in total. The molecule has 0 saturated carbocycles. The number of fused-ring (bicyclic) bond motifs is 1. The van der Waals surface area contributed by atoms with Crippen LogP contribution in [0.1, 0.15) is 23.9 Å². The van der Waals surface area contributed by atoms with E-state index in [1.54, 1.807) is 6.33 Å². The minimum atomic E-state index is -0.114. The van der Waals surface area contributed by atoms with Gasteiger partial charge in [0, 0.05) is 18.7 Å². The number of hydrogen-bond donors (Lipinski definition) is 1. The van der Waals surface area contributed by atoms with Gasteiger partial charge in [0.2, 0.25) is 0 Å². The molecule has 0 saturated heterocycles. The zero-order valence-corrected chi connectivity index (χ0v) is 13.1. The van der Waals surface area contributed by atoms with E-state index in [9.17, 15) is 4.79 Å². The molecule has 0 amide bonds. The number of thioether (sulfide) groups is 1. The van der Waals surface area contributed by atoms with Crippen molar-refractivity contribution in [1.82, 2.24) is 19.5 Å². The van der Waals surface area contributed by atoms with Crippen LogP contribution in [0.5, 0.6) is 0 Å². The van der Waals surface area contributed by atoms with Crippen LogP contribution in [0, 0.1) is 0 Å². The number of hydrogen-bond acceptors (Lipinski definition) is 5. The van der Waals surface area contributed by atoms with Gasteiger partial charge in [0.1, 0.15) is 0 Å². The first-order valence-corrected chi connectivity index (χ1v) is 8.07. The van der Waals surface area contributed by atoms with E-state index >= 15 is 0 Å². The molecule has 2 aromatic heterocycles. The molecule has 0 aliphatic carbocycles. The lowest BCUT2D eigenvalue weighted by molar-refractivity contribution is 0.107. The summed E-state index contributed by atoms with van der Waals surface area (Å²) in [5.41, 5.74) is 2.30. The maximum Gasteiger partial charge on any atom is 0.257 e. The second kappa shape index (κ2) is 6.21. The van der Waals surface area contributed by atoms with Gasteiger partial charge in [-0.2, -0.15) is 0 Å². The summed E-state index contributed by atoms with van der Waals surface area (Å²) in [6.45, 7) is 3.80. The van der Waals surface area contributed by atoms with Gasteiger partial charge in [0.05, 0.1) is 36.5 Å². The van der Waals surface area contributed by atoms with Crippen LogP contribution in [0.25, 0.3) is 0 Å². The van der Waals surface area contributed by atoms with Gasteiger partial charge < -0.3 is 14.3 Å². The molecule has 1 aliphatic heterocycles. The highest BCUT2D eigenvalue weighted by molar-refractivity contribution is 7.98. The number of H-pyrrole nitrogens is 1. The fraction of sp³-hybridized carbons (Fsp3) is 0.462. The number of nitrogens with one attached hydrogen (secondary N) is 1. The third-order valence-corrected chi connectivity index (χ3v) is 4.59. The van der Waals surface area contributed by atoms with Crippen molar-refractivity contribution < 1.29 is 4.74 Å². The SMILES string of the molecule is CCn1cnc(Cl)c1CSc1nc2c(c(=O)[nH]1)COCC2. The molecule has 0 bridgehead atoms. The lowest BCUT2D eigenvalue weighted by Gasteiger charge is -2.15. The molecule has 0 spiro atoms. The first-order valence-electron chi connectivity index (χ1n) is 6.71. The van der Waals surface area contributed by atoms with Crippen LogP contribution < -0.4 is 5.56 Å². The van der Waals surface area contributed by atoms with Crippen LogP contribution >= 0.6 is 23.4 Å². The maximum atomic E-state index is 12.0. The highest BCUT2D eigenvalue weighted by Crippen LogP contribution is 2.24. The molecule has 6 nitrogen and oxygen atoms in total. The zero-order chi connectivity index (χ0) is 14.8. The average molecular weight is 327 g/mol. The molecule has 112 valence electrons. The Morgan fingerprint density at radius 2 is 2.43 bits per heavy atom. The van der Waals surface area contributed by atoms with Crippen molar-refractivity contribution in [2.45, 2.75) is 37.4 Å². The molecule has 3 heterocycles. The lowest BCUT2D eigenvalue weighted by Crippen LogP contribution is -2.24. The summed E-state index contributed by atoms with van der Waals surface area (Å²) >= 11 is 7.54. The molecule has 8 heteroatoms. The van der Waals surface area contributed by atoms with Crippen LogP contribution in [0.15, 0.2) is 16.3 Å². The Bertz CT molecular complexity index is 713. The van der Waals surface area contributed by atoms with Crippen molar-refractivity contribution in [2.75, 3.05) is 6.61 Å². The van der Waals surface area contributed by atoms with E-state index in [1.165, 1.54) is 11.8 Å². The summed E-state index contributed by atoms with van der Waals surface area (Å²) in [6.07, 6.45) is 2.40. The van der Waals surface area contributed by atoms with Gasteiger partial charge in [0.25, 0.3) is 5.56 Å². The van der Waals surface area contributed by atoms with E-state index in [4.69, 9.17) is 16.3 Å². The molecular formula is C13H15ClN4O2S. The fourth-order valence-corrected chi connectivity index (χ4v) is 3.44. The van der Waals surface area contributed by atoms with E-state index in [0.29, 0.717) is 41.3 Å². The van der Waals surface area contributed by atoms with Gasteiger partial charge in [-0.25, -0.2) is 9.97 Å². The second-order valence-corrected chi connectivity index (χ2v) is 5.98. The highest BCUT2D eigenvalue weighted by Gasteiger charge is 2.17. The molecule has 21 heavy (non-hydrogen) atoms. The number of aromatic amines is 1. The Balaban J connectivity index is 1.81. The topological polar surface area (TPSA) is 72.8 Å². The predicted octanol–water partition coefficient (Wildman–Crippen LogP) is 2.00. The van der Waals surface area contributed by atoms with Gasteiger partial charge in [-0.15, -0.1) is 0 Å². The number of imidazole rings is 1. The largest absolute Gasteiger partial charge is 0.376 e. The molecule has 1 aliphatic rings. The summed E-state index contributed by atoms with van der Waals surface area (Å²) in [5.74, 6) is 0.616. The first-order chi connectivity index (χ1) is 10.2. The summed E-state index contributed by atoms with van der Waals surface area (Å²) in [5, 5.41) is 1.11. The third kappa shape index (κ3) is 3.00. The van der Waals surface area contributed by atoms with Crippen LogP contribution in [-0.2, 0) is 30.1 Å². The Morgan fingerprint density at radius 3 is 3.24 bits per heavy atom. The smallest absolute Gasteiger partial charge is 0.257 e. The van der Waals surface area contributed by atoms with Crippen molar-refractivity contribution in [2.24, 2.45) is 0 Å². The number of aromatic nitrogens is 4. The summed E-state index contributed by atoms with van der Waals surface area (Å²) in [6, 6.07) is 0. The number of nitrogens with zero attached hydrogens (tertiary/aromatic N) is 3. The minimum absolute atomic E-state index is 0.114. The van der Waals surface area contributed by atoms with E-state index in [0.717, 1.165) is 17.9 Å². The Hall–Kier alpha value is -1.31. The fourth-order valence-electron chi connectivity index (χ4n) is 2.22. The molecule has 0 radical (unpaired) electrons. The number of aryl methyl sites for hydroxylation is 1. The summed E-state index contributed by atoms with van der Waals surface area (Å²) in [7, 11) is 0. The van der Waals surface area contributed by atoms with Crippen LogP contribution in [0.4, 0.5) is 0 Å². The van der Waals surface area contributed by atoms with E-state index < -0.39 is 0 Å². The molecule has 0 aromatic carbocycles. The molecule has 3 rings (SSSR count). The Morgan fingerprint density at radius 1 is 1.57 bits per heavy atom. The molecule has 0 fully saturated rings. The molecule has 0 unspecified atom stereocenters. The summed E-state index contributed by atoms with van der Waals surface area (Å²) < 4.78 is 7.27. The maximum absolute atomic E-state index is 12.0. The monoisotopic (exact) mass is 326 g/mol.